The second-order valence-electron chi connectivity index (χ2n) is 4.22. The summed E-state index contributed by atoms with van der Waals surface area (Å²) in [5.41, 5.74) is 9.96. The minimum absolute atomic E-state index is 0.474. The molecule has 4 heteroatoms. The number of nitrogens with zero attached hydrogens (tertiary/aromatic N) is 2. The van der Waals surface area contributed by atoms with Crippen LogP contribution in [0.2, 0.25) is 5.02 Å². The number of hydrogen-bond donors (Lipinski definition) is 1. The monoisotopic (exact) mass is 257 g/mol. The molecular formula is C14H12ClN3. The van der Waals surface area contributed by atoms with Gasteiger partial charge in [-0.3, -0.25) is 4.57 Å². The number of nitrogens with two attached hydrogens (primary N) is 1. The summed E-state index contributed by atoms with van der Waals surface area (Å²) < 4.78 is 1.93. The lowest BCUT2D eigenvalue weighted by atomic mass is 10.2. The van der Waals surface area contributed by atoms with E-state index in [1.54, 1.807) is 0 Å². The van der Waals surface area contributed by atoms with Crippen molar-refractivity contribution in [1.82, 2.24) is 9.55 Å². The number of aryl methyl sites for hydroxylation is 1. The Morgan fingerprint density at radius 1 is 1.17 bits per heavy atom. The lowest BCUT2D eigenvalue weighted by Gasteiger charge is -2.10. The highest BCUT2D eigenvalue weighted by Crippen LogP contribution is 2.26. The maximum Gasteiger partial charge on any atom is 0.205 e. The second kappa shape index (κ2) is 4.03. The van der Waals surface area contributed by atoms with Crippen molar-refractivity contribution in [3.05, 3.63) is 53.1 Å². The minimum atomic E-state index is 0.474. The Morgan fingerprint density at radius 3 is 2.78 bits per heavy atom. The van der Waals surface area contributed by atoms with Gasteiger partial charge in [0.15, 0.2) is 0 Å². The van der Waals surface area contributed by atoms with E-state index < -0.39 is 0 Å². The Labute approximate surface area is 110 Å². The number of rotatable bonds is 1. The van der Waals surface area contributed by atoms with E-state index in [1.165, 1.54) is 0 Å². The van der Waals surface area contributed by atoms with Crippen LogP contribution in [0.3, 0.4) is 0 Å². The number of imidazole rings is 1. The SMILES string of the molecule is Cc1ccc(Cl)cc1-n1c(N)nc2ccccc21. The van der Waals surface area contributed by atoms with Gasteiger partial charge in [-0.1, -0.05) is 29.8 Å². The zero-order valence-electron chi connectivity index (χ0n) is 9.89. The highest BCUT2D eigenvalue weighted by molar-refractivity contribution is 6.30. The molecule has 0 saturated heterocycles. The van der Waals surface area contributed by atoms with Gasteiger partial charge >= 0.3 is 0 Å². The van der Waals surface area contributed by atoms with Gasteiger partial charge in [-0.25, -0.2) is 4.98 Å². The van der Waals surface area contributed by atoms with Crippen molar-refractivity contribution in [3.8, 4) is 5.69 Å². The lowest BCUT2D eigenvalue weighted by molar-refractivity contribution is 1.09. The third-order valence-corrected chi connectivity index (χ3v) is 3.23. The number of anilines is 1. The first-order valence-electron chi connectivity index (χ1n) is 5.66. The van der Waals surface area contributed by atoms with Crippen LogP contribution in [0, 0.1) is 6.92 Å². The molecule has 0 aliphatic rings. The molecule has 1 aromatic heterocycles. The largest absolute Gasteiger partial charge is 0.369 e. The van der Waals surface area contributed by atoms with Gasteiger partial charge in [0.25, 0.3) is 0 Å². The zero-order chi connectivity index (χ0) is 12.7. The average molecular weight is 258 g/mol. The molecule has 0 unspecified atom stereocenters. The molecule has 0 fully saturated rings. The van der Waals surface area contributed by atoms with E-state index >= 15 is 0 Å². The molecule has 0 aliphatic heterocycles. The molecule has 2 aromatic carbocycles. The number of fused-ring (bicyclic) bond motifs is 1. The van der Waals surface area contributed by atoms with E-state index in [9.17, 15) is 0 Å². The molecule has 0 aliphatic carbocycles. The van der Waals surface area contributed by atoms with Crippen molar-refractivity contribution in [2.24, 2.45) is 0 Å². The summed E-state index contributed by atoms with van der Waals surface area (Å²) in [6.45, 7) is 2.03. The predicted octanol–water partition coefficient (Wildman–Crippen LogP) is 3.57. The summed E-state index contributed by atoms with van der Waals surface area (Å²) in [5.74, 6) is 0.474. The number of benzene rings is 2. The van der Waals surface area contributed by atoms with E-state index in [1.807, 2.05) is 54.0 Å². The maximum absolute atomic E-state index is 6.06. The number of hydrogen-bond acceptors (Lipinski definition) is 2. The molecule has 18 heavy (non-hydrogen) atoms. The first kappa shape index (κ1) is 11.1. The molecule has 3 aromatic rings. The quantitative estimate of drug-likeness (QED) is 0.724. The van der Waals surface area contributed by atoms with Gasteiger partial charge in [0.05, 0.1) is 16.7 Å². The summed E-state index contributed by atoms with van der Waals surface area (Å²) in [4.78, 5) is 4.36. The molecule has 0 spiro atoms. The highest BCUT2D eigenvalue weighted by Gasteiger charge is 2.11. The molecule has 2 N–H and O–H groups in total. The second-order valence-corrected chi connectivity index (χ2v) is 4.66. The highest BCUT2D eigenvalue weighted by atomic mass is 35.5. The number of aromatic nitrogens is 2. The Bertz CT molecular complexity index is 731. The van der Waals surface area contributed by atoms with Gasteiger partial charge in [-0.2, -0.15) is 0 Å². The first-order chi connectivity index (χ1) is 8.66. The van der Waals surface area contributed by atoms with Crippen LogP contribution in [0.1, 0.15) is 5.56 Å². The normalized spacial score (nSPS) is 11.0. The first-order valence-corrected chi connectivity index (χ1v) is 6.04. The van der Waals surface area contributed by atoms with E-state index in [-0.39, 0.29) is 0 Å². The van der Waals surface area contributed by atoms with Gasteiger partial charge < -0.3 is 5.73 Å². The van der Waals surface area contributed by atoms with Gasteiger partial charge in [0.2, 0.25) is 5.95 Å². The summed E-state index contributed by atoms with van der Waals surface area (Å²) in [6.07, 6.45) is 0. The van der Waals surface area contributed by atoms with Crippen molar-refractivity contribution in [2.75, 3.05) is 5.73 Å². The average Bonchev–Trinajstić information content (AvgIpc) is 2.68. The third-order valence-electron chi connectivity index (χ3n) is 3.00. The van der Waals surface area contributed by atoms with E-state index in [0.717, 1.165) is 22.3 Å². The fraction of sp³-hybridized carbons (Fsp3) is 0.0714. The van der Waals surface area contributed by atoms with Gasteiger partial charge in [-0.05, 0) is 36.8 Å². The van der Waals surface area contributed by atoms with Crippen LogP contribution in [0.4, 0.5) is 5.95 Å². The van der Waals surface area contributed by atoms with Crippen LogP contribution in [0.5, 0.6) is 0 Å². The molecule has 1 heterocycles. The summed E-state index contributed by atoms with van der Waals surface area (Å²) in [5, 5.41) is 0.688. The molecule has 3 nitrogen and oxygen atoms in total. The Morgan fingerprint density at radius 2 is 1.94 bits per heavy atom. The fourth-order valence-electron chi connectivity index (χ4n) is 2.12. The maximum atomic E-state index is 6.06. The van der Waals surface area contributed by atoms with E-state index in [0.29, 0.717) is 11.0 Å². The molecule has 0 radical (unpaired) electrons. The van der Waals surface area contributed by atoms with Crippen LogP contribution in [0.15, 0.2) is 42.5 Å². The minimum Gasteiger partial charge on any atom is -0.369 e. The van der Waals surface area contributed by atoms with Gasteiger partial charge in [0.1, 0.15) is 0 Å². The number of para-hydroxylation sites is 2. The van der Waals surface area contributed by atoms with Crippen LogP contribution in [-0.4, -0.2) is 9.55 Å². The fourth-order valence-corrected chi connectivity index (χ4v) is 2.29. The Balaban J connectivity index is 2.37. The predicted molar refractivity (Wildman–Crippen MR) is 75.2 cm³/mol. The molecule has 3 rings (SSSR count). The van der Waals surface area contributed by atoms with Crippen molar-refractivity contribution < 1.29 is 0 Å². The molecule has 0 saturated carbocycles. The van der Waals surface area contributed by atoms with Crippen LogP contribution < -0.4 is 5.73 Å². The molecule has 0 atom stereocenters. The topological polar surface area (TPSA) is 43.8 Å². The van der Waals surface area contributed by atoms with Gasteiger partial charge in [0, 0.05) is 5.02 Å². The number of nitrogen functional groups attached to an aromatic ring is 1. The standard InChI is InChI=1S/C14H12ClN3/c1-9-6-7-10(15)8-13(9)18-12-5-3-2-4-11(12)17-14(18)16/h2-8H,1H3,(H2,16,17). The van der Waals surface area contributed by atoms with Crippen molar-refractivity contribution in [2.45, 2.75) is 6.92 Å². The van der Waals surface area contributed by atoms with Crippen LogP contribution >= 0.6 is 11.6 Å². The lowest BCUT2D eigenvalue weighted by Crippen LogP contribution is -2.02. The molecule has 0 bridgehead atoms. The smallest absolute Gasteiger partial charge is 0.205 e. The van der Waals surface area contributed by atoms with Crippen molar-refractivity contribution in [1.29, 1.82) is 0 Å². The van der Waals surface area contributed by atoms with Crippen molar-refractivity contribution in [3.63, 3.8) is 0 Å². The summed E-state index contributed by atoms with van der Waals surface area (Å²) in [7, 11) is 0. The molecular weight excluding hydrogens is 246 g/mol. The van der Waals surface area contributed by atoms with Gasteiger partial charge in [-0.15, -0.1) is 0 Å². The summed E-state index contributed by atoms with van der Waals surface area (Å²) in [6, 6.07) is 13.6. The molecule has 90 valence electrons. The Kier molecular flexibility index (Phi) is 2.49. The van der Waals surface area contributed by atoms with Crippen LogP contribution in [-0.2, 0) is 0 Å². The van der Waals surface area contributed by atoms with E-state index in [4.69, 9.17) is 17.3 Å². The Hall–Kier alpha value is -2.00. The summed E-state index contributed by atoms with van der Waals surface area (Å²) >= 11 is 6.06. The third kappa shape index (κ3) is 1.64. The van der Waals surface area contributed by atoms with Crippen LogP contribution in [0.25, 0.3) is 16.7 Å². The number of halogens is 1. The zero-order valence-corrected chi connectivity index (χ0v) is 10.6. The van der Waals surface area contributed by atoms with E-state index in [2.05, 4.69) is 4.98 Å². The molecule has 0 amide bonds. The van der Waals surface area contributed by atoms with Crippen molar-refractivity contribution >= 4 is 28.6 Å².